The summed E-state index contributed by atoms with van der Waals surface area (Å²) in [6, 6.07) is -0.437. The first-order valence-corrected chi connectivity index (χ1v) is 11.2. The molecule has 27 heavy (non-hydrogen) atoms. The number of likely N-dealkylation sites (tertiary alicyclic amines) is 1. The molecule has 0 bridgehead atoms. The molecule has 0 spiro atoms. The van der Waals surface area contributed by atoms with Crippen LogP contribution in [0.5, 0.6) is 0 Å². The number of rotatable bonds is 8. The molecule has 5 heteroatoms. The minimum absolute atomic E-state index is 0.120. The largest absolute Gasteiger partial charge is 0.341 e. The monoisotopic (exact) mass is 379 g/mol. The van der Waals surface area contributed by atoms with E-state index in [0.29, 0.717) is 18.4 Å². The third kappa shape index (κ3) is 6.20. The van der Waals surface area contributed by atoms with Crippen LogP contribution in [0.15, 0.2) is 0 Å². The summed E-state index contributed by atoms with van der Waals surface area (Å²) >= 11 is 0. The highest BCUT2D eigenvalue weighted by Gasteiger charge is 2.39. The van der Waals surface area contributed by atoms with Gasteiger partial charge in [0, 0.05) is 26.2 Å². The van der Waals surface area contributed by atoms with Crippen LogP contribution in [-0.2, 0) is 9.59 Å². The maximum atomic E-state index is 13.4. The smallest absolute Gasteiger partial charge is 0.245 e. The van der Waals surface area contributed by atoms with Gasteiger partial charge < -0.3 is 15.1 Å². The van der Waals surface area contributed by atoms with E-state index < -0.39 is 0 Å². The third-order valence-electron chi connectivity index (χ3n) is 6.01. The van der Waals surface area contributed by atoms with Crippen LogP contribution in [0.3, 0.4) is 0 Å². The Morgan fingerprint density at radius 1 is 1.11 bits per heavy atom. The van der Waals surface area contributed by atoms with E-state index in [0.717, 1.165) is 51.2 Å². The maximum absolute atomic E-state index is 13.4. The van der Waals surface area contributed by atoms with Gasteiger partial charge in [0.1, 0.15) is 6.04 Å². The van der Waals surface area contributed by atoms with Crippen LogP contribution in [0.25, 0.3) is 0 Å². The summed E-state index contributed by atoms with van der Waals surface area (Å²) in [7, 11) is 0. The van der Waals surface area contributed by atoms with E-state index in [1.54, 1.807) is 0 Å². The summed E-state index contributed by atoms with van der Waals surface area (Å²) < 4.78 is 0. The molecule has 2 aliphatic heterocycles. The lowest BCUT2D eigenvalue weighted by molar-refractivity contribution is -0.150. The molecule has 2 amide bonds. The van der Waals surface area contributed by atoms with Gasteiger partial charge in [-0.3, -0.25) is 9.59 Å². The molecule has 2 heterocycles. The first-order valence-electron chi connectivity index (χ1n) is 11.2. The summed E-state index contributed by atoms with van der Waals surface area (Å²) in [6.07, 6.45) is 6.30. The summed E-state index contributed by atoms with van der Waals surface area (Å²) in [5, 5.41) is 3.36. The highest BCUT2D eigenvalue weighted by molar-refractivity contribution is 5.90. The number of carbonyl (C=O) groups excluding carboxylic acids is 2. The van der Waals surface area contributed by atoms with Crippen molar-refractivity contribution in [1.29, 1.82) is 0 Å². The van der Waals surface area contributed by atoms with E-state index in [4.69, 9.17) is 0 Å². The van der Waals surface area contributed by atoms with Gasteiger partial charge in [-0.15, -0.1) is 0 Å². The van der Waals surface area contributed by atoms with Crippen molar-refractivity contribution in [3.05, 3.63) is 0 Å². The number of piperazine rings is 1. The second-order valence-corrected chi connectivity index (χ2v) is 9.37. The zero-order valence-electron chi connectivity index (χ0n) is 18.2. The number of carbonyl (C=O) groups is 2. The van der Waals surface area contributed by atoms with Gasteiger partial charge in [-0.05, 0) is 43.4 Å². The Bertz CT molecular complexity index is 484. The second-order valence-electron chi connectivity index (χ2n) is 9.37. The van der Waals surface area contributed by atoms with E-state index in [9.17, 15) is 9.59 Å². The molecule has 2 atom stereocenters. The predicted molar refractivity (Wildman–Crippen MR) is 110 cm³/mol. The van der Waals surface area contributed by atoms with E-state index in [2.05, 4.69) is 39.9 Å². The molecule has 0 aromatic heterocycles. The number of amides is 2. The molecular weight excluding hydrogens is 338 g/mol. The molecule has 156 valence electrons. The molecule has 2 saturated heterocycles. The zero-order valence-corrected chi connectivity index (χ0v) is 18.2. The average Bonchev–Trinajstić information content (AvgIpc) is 2.61. The quantitative estimate of drug-likeness (QED) is 0.704. The summed E-state index contributed by atoms with van der Waals surface area (Å²) in [5.41, 5.74) is 0. The topological polar surface area (TPSA) is 52.7 Å². The summed E-state index contributed by atoms with van der Waals surface area (Å²) in [5.74, 6) is 1.91. The standard InChI is InChI=1S/C22H41N3O2/c1-6-7-18-8-11-24(12-9-18)22(27)20(15-17(4)5)25-13-10-23-19(21(25)26)14-16(2)3/h16-20,23H,6-15H2,1-5H3/t19-,20?/m0/s1. The van der Waals surface area contributed by atoms with E-state index >= 15 is 0 Å². The fourth-order valence-electron chi connectivity index (χ4n) is 4.59. The van der Waals surface area contributed by atoms with Crippen molar-refractivity contribution >= 4 is 11.8 Å². The van der Waals surface area contributed by atoms with Gasteiger partial charge in [0.25, 0.3) is 0 Å². The van der Waals surface area contributed by atoms with Gasteiger partial charge in [-0.2, -0.15) is 0 Å². The van der Waals surface area contributed by atoms with Crippen molar-refractivity contribution in [3.63, 3.8) is 0 Å². The van der Waals surface area contributed by atoms with Crippen LogP contribution < -0.4 is 5.32 Å². The third-order valence-corrected chi connectivity index (χ3v) is 6.01. The van der Waals surface area contributed by atoms with Crippen molar-refractivity contribution in [2.45, 2.75) is 85.2 Å². The van der Waals surface area contributed by atoms with E-state index in [-0.39, 0.29) is 23.9 Å². The molecule has 0 aromatic carbocycles. The molecule has 0 aromatic rings. The lowest BCUT2D eigenvalue weighted by Crippen LogP contribution is -2.62. The molecule has 0 saturated carbocycles. The molecule has 2 aliphatic rings. The van der Waals surface area contributed by atoms with Crippen LogP contribution >= 0.6 is 0 Å². The fraction of sp³-hybridized carbons (Fsp3) is 0.909. The lowest BCUT2D eigenvalue weighted by atomic mass is 9.91. The summed E-state index contributed by atoms with van der Waals surface area (Å²) in [4.78, 5) is 30.4. The zero-order chi connectivity index (χ0) is 20.0. The normalized spacial score (nSPS) is 23.4. The van der Waals surface area contributed by atoms with Crippen LogP contribution in [-0.4, -0.2) is 59.9 Å². The minimum Gasteiger partial charge on any atom is -0.341 e. The van der Waals surface area contributed by atoms with Crippen molar-refractivity contribution in [2.24, 2.45) is 17.8 Å². The number of hydrogen-bond acceptors (Lipinski definition) is 3. The molecule has 2 rings (SSSR count). The molecule has 1 unspecified atom stereocenters. The van der Waals surface area contributed by atoms with Gasteiger partial charge in [0.15, 0.2) is 0 Å². The number of nitrogens with one attached hydrogen (secondary N) is 1. The minimum atomic E-state index is -0.294. The van der Waals surface area contributed by atoms with Gasteiger partial charge in [0.05, 0.1) is 6.04 Å². The van der Waals surface area contributed by atoms with Crippen LogP contribution in [0.2, 0.25) is 0 Å². The highest BCUT2D eigenvalue weighted by Crippen LogP contribution is 2.25. The first kappa shape index (κ1) is 22.2. The Hall–Kier alpha value is -1.10. The maximum Gasteiger partial charge on any atom is 0.245 e. The number of nitrogens with zero attached hydrogens (tertiary/aromatic N) is 2. The Balaban J connectivity index is 2.07. The number of hydrogen-bond donors (Lipinski definition) is 1. The van der Waals surface area contributed by atoms with Gasteiger partial charge in [-0.25, -0.2) is 0 Å². The molecule has 5 nitrogen and oxygen atoms in total. The van der Waals surface area contributed by atoms with Crippen LogP contribution in [0.1, 0.15) is 73.1 Å². The van der Waals surface area contributed by atoms with Crippen molar-refractivity contribution < 1.29 is 9.59 Å². The van der Waals surface area contributed by atoms with Gasteiger partial charge >= 0.3 is 0 Å². The van der Waals surface area contributed by atoms with Crippen molar-refractivity contribution in [3.8, 4) is 0 Å². The van der Waals surface area contributed by atoms with Crippen molar-refractivity contribution in [1.82, 2.24) is 15.1 Å². The second kappa shape index (κ2) is 10.4. The van der Waals surface area contributed by atoms with E-state index in [1.165, 1.54) is 12.8 Å². The summed E-state index contributed by atoms with van der Waals surface area (Å²) in [6.45, 7) is 13.9. The molecule has 1 N–H and O–H groups in total. The Kier molecular flexibility index (Phi) is 8.59. The SMILES string of the molecule is CCCC1CCN(C(=O)C(CC(C)C)N2CCN[C@@H](CC(C)C)C2=O)CC1. The highest BCUT2D eigenvalue weighted by atomic mass is 16.2. The van der Waals surface area contributed by atoms with Crippen LogP contribution in [0, 0.1) is 17.8 Å². The molecule has 0 aliphatic carbocycles. The number of piperidine rings is 1. The van der Waals surface area contributed by atoms with E-state index in [1.807, 2.05) is 9.80 Å². The van der Waals surface area contributed by atoms with Gasteiger partial charge in [0.2, 0.25) is 11.8 Å². The molecule has 2 fully saturated rings. The fourth-order valence-corrected chi connectivity index (χ4v) is 4.59. The molecular formula is C22H41N3O2. The lowest BCUT2D eigenvalue weighted by Gasteiger charge is -2.42. The Morgan fingerprint density at radius 2 is 1.78 bits per heavy atom. The van der Waals surface area contributed by atoms with Gasteiger partial charge in [-0.1, -0.05) is 47.5 Å². The Morgan fingerprint density at radius 3 is 2.33 bits per heavy atom. The van der Waals surface area contributed by atoms with Crippen molar-refractivity contribution in [2.75, 3.05) is 26.2 Å². The predicted octanol–water partition coefficient (Wildman–Crippen LogP) is 3.29. The first-order chi connectivity index (χ1) is 12.8. The van der Waals surface area contributed by atoms with Crippen LogP contribution in [0.4, 0.5) is 0 Å². The average molecular weight is 380 g/mol. The Labute approximate surface area is 166 Å². The molecule has 0 radical (unpaired) electrons.